The van der Waals surface area contributed by atoms with Gasteiger partial charge in [-0.3, -0.25) is 9.48 Å². The highest BCUT2D eigenvalue weighted by Gasteiger charge is 2.32. The Kier molecular flexibility index (Phi) is 3.33. The van der Waals surface area contributed by atoms with Gasteiger partial charge in [0.2, 0.25) is 0 Å². The van der Waals surface area contributed by atoms with Gasteiger partial charge in [0.25, 0.3) is 5.91 Å². The highest BCUT2D eigenvalue weighted by atomic mass is 16.2. The minimum Gasteiger partial charge on any atom is -0.334 e. The van der Waals surface area contributed by atoms with Crippen molar-refractivity contribution in [1.82, 2.24) is 14.7 Å². The molecular weight excluding hydrogens is 238 g/mol. The molecule has 1 aliphatic heterocycles. The Morgan fingerprint density at radius 1 is 1.32 bits per heavy atom. The Morgan fingerprint density at radius 3 is 2.95 bits per heavy atom. The monoisotopic (exact) mass is 261 g/mol. The molecular formula is C15H23N3O. The molecule has 1 aliphatic carbocycles. The van der Waals surface area contributed by atoms with E-state index in [9.17, 15) is 4.79 Å². The molecule has 0 bridgehead atoms. The molecule has 1 unspecified atom stereocenters. The van der Waals surface area contributed by atoms with Gasteiger partial charge in [-0.1, -0.05) is 6.92 Å². The zero-order chi connectivity index (χ0) is 13.4. The number of aromatic nitrogens is 2. The highest BCUT2D eigenvalue weighted by Crippen LogP contribution is 2.28. The Balaban J connectivity index is 1.89. The van der Waals surface area contributed by atoms with Gasteiger partial charge in [0.1, 0.15) is 0 Å². The van der Waals surface area contributed by atoms with Crippen LogP contribution in [0.4, 0.5) is 0 Å². The first kappa shape index (κ1) is 12.7. The smallest absolute Gasteiger partial charge is 0.274 e. The van der Waals surface area contributed by atoms with Crippen LogP contribution in [0.1, 0.15) is 60.8 Å². The second-order valence-corrected chi connectivity index (χ2v) is 5.81. The first-order chi connectivity index (χ1) is 9.22. The number of hydrogen-bond donors (Lipinski definition) is 0. The number of carbonyl (C=O) groups is 1. The van der Waals surface area contributed by atoms with Crippen LogP contribution in [-0.4, -0.2) is 33.2 Å². The summed E-state index contributed by atoms with van der Waals surface area (Å²) < 4.78 is 1.92. The standard InChI is InChI=1S/C15H23N3O/c1-3-11-7-4-5-10-18(11)15(19)14-12-8-6-9-13(12)17(2)16-14/h11H,3-10H2,1-2H3. The molecule has 104 valence electrons. The molecule has 0 radical (unpaired) electrons. The average molecular weight is 261 g/mol. The van der Waals surface area contributed by atoms with Gasteiger partial charge in [-0.25, -0.2) is 0 Å². The number of nitrogens with zero attached hydrogens (tertiary/aromatic N) is 3. The number of piperidine rings is 1. The molecule has 1 saturated heterocycles. The first-order valence-electron chi connectivity index (χ1n) is 7.58. The summed E-state index contributed by atoms with van der Waals surface area (Å²) >= 11 is 0. The first-order valence-corrected chi connectivity index (χ1v) is 7.58. The fourth-order valence-corrected chi connectivity index (χ4v) is 3.61. The lowest BCUT2D eigenvalue weighted by atomic mass is 9.99. The molecule has 1 atom stereocenters. The van der Waals surface area contributed by atoms with E-state index < -0.39 is 0 Å². The summed E-state index contributed by atoms with van der Waals surface area (Å²) in [6.45, 7) is 3.09. The molecule has 1 aromatic heterocycles. The van der Waals surface area contributed by atoms with E-state index in [0.717, 1.165) is 44.3 Å². The van der Waals surface area contributed by atoms with E-state index in [2.05, 4.69) is 16.9 Å². The molecule has 1 amide bonds. The highest BCUT2D eigenvalue weighted by molar-refractivity contribution is 5.94. The third-order valence-electron chi connectivity index (χ3n) is 4.68. The summed E-state index contributed by atoms with van der Waals surface area (Å²) in [5.41, 5.74) is 3.22. The Labute approximate surface area is 114 Å². The van der Waals surface area contributed by atoms with Crippen LogP contribution in [0, 0.1) is 0 Å². The number of carbonyl (C=O) groups excluding carboxylic acids is 1. The van der Waals surface area contributed by atoms with Gasteiger partial charge in [0, 0.05) is 30.9 Å². The van der Waals surface area contributed by atoms with Crippen molar-refractivity contribution in [1.29, 1.82) is 0 Å². The molecule has 0 spiro atoms. The van der Waals surface area contributed by atoms with E-state index in [4.69, 9.17) is 0 Å². The van der Waals surface area contributed by atoms with E-state index in [1.54, 1.807) is 0 Å². The van der Waals surface area contributed by atoms with Crippen LogP contribution >= 0.6 is 0 Å². The molecule has 1 fully saturated rings. The van der Waals surface area contributed by atoms with Gasteiger partial charge in [-0.05, 0) is 44.9 Å². The number of fused-ring (bicyclic) bond motifs is 1. The van der Waals surface area contributed by atoms with Crippen LogP contribution in [-0.2, 0) is 19.9 Å². The fourth-order valence-electron chi connectivity index (χ4n) is 3.61. The van der Waals surface area contributed by atoms with Gasteiger partial charge >= 0.3 is 0 Å². The predicted octanol–water partition coefficient (Wildman–Crippen LogP) is 2.31. The number of aryl methyl sites for hydroxylation is 1. The third kappa shape index (κ3) is 2.07. The van der Waals surface area contributed by atoms with Crippen LogP contribution < -0.4 is 0 Å². The van der Waals surface area contributed by atoms with Gasteiger partial charge < -0.3 is 4.90 Å². The van der Waals surface area contributed by atoms with Crippen LogP contribution in [0.25, 0.3) is 0 Å². The van der Waals surface area contributed by atoms with E-state index >= 15 is 0 Å². The van der Waals surface area contributed by atoms with Crippen molar-refractivity contribution in [2.24, 2.45) is 7.05 Å². The molecule has 2 aliphatic rings. The second kappa shape index (κ2) is 4.99. The van der Waals surface area contributed by atoms with Crippen LogP contribution in [0.2, 0.25) is 0 Å². The largest absolute Gasteiger partial charge is 0.334 e. The van der Waals surface area contributed by atoms with Gasteiger partial charge in [0.05, 0.1) is 0 Å². The third-order valence-corrected chi connectivity index (χ3v) is 4.68. The van der Waals surface area contributed by atoms with Crippen molar-refractivity contribution in [2.75, 3.05) is 6.54 Å². The average Bonchev–Trinajstić information content (AvgIpc) is 3.02. The Bertz CT molecular complexity index is 492. The van der Waals surface area contributed by atoms with Gasteiger partial charge in [-0.15, -0.1) is 0 Å². The maximum Gasteiger partial charge on any atom is 0.274 e. The predicted molar refractivity (Wildman–Crippen MR) is 74.2 cm³/mol. The SMILES string of the molecule is CCC1CCCCN1C(=O)c1nn(C)c2c1CCC2. The summed E-state index contributed by atoms with van der Waals surface area (Å²) in [4.78, 5) is 14.9. The van der Waals surface area contributed by atoms with Crippen molar-refractivity contribution < 1.29 is 4.79 Å². The lowest BCUT2D eigenvalue weighted by Crippen LogP contribution is -2.43. The molecule has 4 nitrogen and oxygen atoms in total. The number of amides is 1. The Hall–Kier alpha value is -1.32. The summed E-state index contributed by atoms with van der Waals surface area (Å²) in [6.07, 6.45) is 7.86. The quantitative estimate of drug-likeness (QED) is 0.819. The summed E-state index contributed by atoms with van der Waals surface area (Å²) in [5, 5.41) is 4.50. The fraction of sp³-hybridized carbons (Fsp3) is 0.733. The lowest BCUT2D eigenvalue weighted by Gasteiger charge is -2.35. The minimum atomic E-state index is 0.172. The molecule has 0 N–H and O–H groups in total. The van der Waals surface area contributed by atoms with Crippen molar-refractivity contribution in [3.8, 4) is 0 Å². The maximum absolute atomic E-state index is 12.8. The summed E-state index contributed by atoms with van der Waals surface area (Å²) in [5.74, 6) is 0.172. The zero-order valence-corrected chi connectivity index (χ0v) is 12.0. The molecule has 0 aromatic carbocycles. The minimum absolute atomic E-state index is 0.172. The molecule has 3 rings (SSSR count). The van der Waals surface area contributed by atoms with E-state index in [0.29, 0.717) is 6.04 Å². The van der Waals surface area contributed by atoms with Crippen LogP contribution in [0.15, 0.2) is 0 Å². The Morgan fingerprint density at radius 2 is 2.16 bits per heavy atom. The number of rotatable bonds is 2. The molecule has 1 aromatic rings. The topological polar surface area (TPSA) is 38.1 Å². The number of likely N-dealkylation sites (tertiary alicyclic amines) is 1. The molecule has 19 heavy (non-hydrogen) atoms. The molecule has 2 heterocycles. The van der Waals surface area contributed by atoms with E-state index in [1.165, 1.54) is 24.1 Å². The van der Waals surface area contributed by atoms with Crippen LogP contribution in [0.3, 0.4) is 0 Å². The molecule has 0 saturated carbocycles. The zero-order valence-electron chi connectivity index (χ0n) is 12.0. The number of hydrogen-bond acceptors (Lipinski definition) is 2. The van der Waals surface area contributed by atoms with Crippen molar-refractivity contribution >= 4 is 5.91 Å². The van der Waals surface area contributed by atoms with Gasteiger partial charge in [0.15, 0.2) is 5.69 Å². The van der Waals surface area contributed by atoms with Gasteiger partial charge in [-0.2, -0.15) is 5.10 Å². The van der Waals surface area contributed by atoms with Crippen molar-refractivity contribution in [3.63, 3.8) is 0 Å². The van der Waals surface area contributed by atoms with Crippen LogP contribution in [0.5, 0.6) is 0 Å². The van der Waals surface area contributed by atoms with E-state index in [1.807, 2.05) is 11.7 Å². The second-order valence-electron chi connectivity index (χ2n) is 5.81. The van der Waals surface area contributed by atoms with Crippen molar-refractivity contribution in [3.05, 3.63) is 17.0 Å². The van der Waals surface area contributed by atoms with Crippen molar-refractivity contribution in [2.45, 2.75) is 57.9 Å². The summed E-state index contributed by atoms with van der Waals surface area (Å²) in [6, 6.07) is 0.417. The lowest BCUT2D eigenvalue weighted by molar-refractivity contribution is 0.0600. The normalized spacial score (nSPS) is 22.6. The summed E-state index contributed by atoms with van der Waals surface area (Å²) in [7, 11) is 1.97. The van der Waals surface area contributed by atoms with E-state index in [-0.39, 0.29) is 5.91 Å². The molecule has 4 heteroatoms. The maximum atomic E-state index is 12.8.